The molecule has 0 saturated carbocycles. The van der Waals surface area contributed by atoms with Crippen molar-refractivity contribution < 1.29 is 4.79 Å². The fourth-order valence-electron chi connectivity index (χ4n) is 3.43. The highest BCUT2D eigenvalue weighted by atomic mass is 16.1. The summed E-state index contributed by atoms with van der Waals surface area (Å²) in [5.74, 6) is 0.0508. The molecule has 0 bridgehead atoms. The topological polar surface area (TPSA) is 20.3 Å². The third-order valence-corrected chi connectivity index (χ3v) is 4.96. The summed E-state index contributed by atoms with van der Waals surface area (Å²) in [5, 5.41) is 0. The second-order valence-corrected chi connectivity index (χ2v) is 7.07. The number of nitrogens with zero attached hydrogens (tertiary/aromatic N) is 1. The quantitative estimate of drug-likeness (QED) is 0.361. The highest BCUT2D eigenvalue weighted by molar-refractivity contribution is 6.09. The fourth-order valence-corrected chi connectivity index (χ4v) is 3.43. The third kappa shape index (κ3) is 4.80. The molecule has 0 amide bonds. The van der Waals surface area contributed by atoms with Crippen molar-refractivity contribution in [3.63, 3.8) is 0 Å². The van der Waals surface area contributed by atoms with E-state index in [-0.39, 0.29) is 5.78 Å². The monoisotopic (exact) mass is 377 g/mol. The van der Waals surface area contributed by atoms with Gasteiger partial charge in [0.25, 0.3) is 0 Å². The van der Waals surface area contributed by atoms with Crippen molar-refractivity contribution in [2.24, 2.45) is 0 Å². The molecule has 0 heterocycles. The van der Waals surface area contributed by atoms with Crippen molar-refractivity contribution in [3.05, 3.63) is 138 Å². The van der Waals surface area contributed by atoms with Crippen LogP contribution in [0.25, 0.3) is 0 Å². The summed E-state index contributed by atoms with van der Waals surface area (Å²) in [4.78, 5) is 15.0. The fraction of sp³-hybridized carbons (Fsp3) is 0.0741. The zero-order chi connectivity index (χ0) is 19.9. The molecular formula is C27H23NO. The molecule has 2 nitrogen and oxygen atoms in total. The first kappa shape index (κ1) is 18.7. The summed E-state index contributed by atoms with van der Waals surface area (Å²) in [6.45, 7) is 1.61. The maximum absolute atomic E-state index is 12.7. The Hall–Kier alpha value is -3.65. The van der Waals surface area contributed by atoms with Crippen molar-refractivity contribution in [3.8, 4) is 0 Å². The van der Waals surface area contributed by atoms with Gasteiger partial charge in [-0.3, -0.25) is 4.79 Å². The van der Waals surface area contributed by atoms with Crippen LogP contribution >= 0.6 is 0 Å². The Labute approximate surface area is 172 Å². The van der Waals surface area contributed by atoms with Gasteiger partial charge in [-0.25, -0.2) is 0 Å². The Morgan fingerprint density at radius 3 is 1.41 bits per heavy atom. The van der Waals surface area contributed by atoms with Gasteiger partial charge in [-0.15, -0.1) is 0 Å². The van der Waals surface area contributed by atoms with Gasteiger partial charge in [0.05, 0.1) is 0 Å². The van der Waals surface area contributed by atoms with Gasteiger partial charge in [-0.2, -0.15) is 0 Å². The van der Waals surface area contributed by atoms with Gasteiger partial charge in [0.15, 0.2) is 5.78 Å². The molecule has 0 atom stereocenters. The first-order valence-corrected chi connectivity index (χ1v) is 9.82. The molecule has 2 heteroatoms. The molecule has 0 radical (unpaired) electrons. The normalized spacial score (nSPS) is 10.5. The van der Waals surface area contributed by atoms with E-state index in [1.165, 1.54) is 11.1 Å². The van der Waals surface area contributed by atoms with E-state index in [1.54, 1.807) is 0 Å². The molecule has 0 unspecified atom stereocenters. The lowest BCUT2D eigenvalue weighted by Gasteiger charge is -2.25. The molecule has 4 aromatic rings. The SMILES string of the molecule is O=C(c1ccccc1)c1ccc(N(Cc2ccccc2)Cc2ccccc2)cc1. The van der Waals surface area contributed by atoms with Gasteiger partial charge in [0, 0.05) is 29.9 Å². The average Bonchev–Trinajstić information content (AvgIpc) is 2.80. The van der Waals surface area contributed by atoms with Gasteiger partial charge in [0.1, 0.15) is 0 Å². The van der Waals surface area contributed by atoms with Crippen LogP contribution in [0.4, 0.5) is 5.69 Å². The number of rotatable bonds is 7. The Morgan fingerprint density at radius 1 is 0.517 bits per heavy atom. The molecule has 0 fully saturated rings. The Kier molecular flexibility index (Phi) is 5.82. The largest absolute Gasteiger partial charge is 0.363 e. The van der Waals surface area contributed by atoms with Crippen LogP contribution in [0.15, 0.2) is 115 Å². The van der Waals surface area contributed by atoms with Crippen molar-refractivity contribution in [1.29, 1.82) is 0 Å². The van der Waals surface area contributed by atoms with E-state index in [9.17, 15) is 4.79 Å². The molecule has 29 heavy (non-hydrogen) atoms. The van der Waals surface area contributed by atoms with E-state index >= 15 is 0 Å². The number of carbonyl (C=O) groups excluding carboxylic acids is 1. The number of hydrogen-bond acceptors (Lipinski definition) is 2. The molecule has 0 aliphatic rings. The lowest BCUT2D eigenvalue weighted by atomic mass is 10.0. The third-order valence-electron chi connectivity index (χ3n) is 4.96. The van der Waals surface area contributed by atoms with Crippen LogP contribution < -0.4 is 4.90 Å². The molecule has 0 saturated heterocycles. The summed E-state index contributed by atoms with van der Waals surface area (Å²) in [6, 6.07) is 38.3. The molecular weight excluding hydrogens is 354 g/mol. The summed E-state index contributed by atoms with van der Waals surface area (Å²) in [5.41, 5.74) is 5.04. The lowest BCUT2D eigenvalue weighted by Crippen LogP contribution is -2.22. The van der Waals surface area contributed by atoms with Crippen LogP contribution in [-0.4, -0.2) is 5.78 Å². The maximum atomic E-state index is 12.7. The maximum Gasteiger partial charge on any atom is 0.193 e. The first-order valence-electron chi connectivity index (χ1n) is 9.82. The van der Waals surface area contributed by atoms with Crippen LogP contribution in [0, 0.1) is 0 Å². The summed E-state index contributed by atoms with van der Waals surface area (Å²) in [7, 11) is 0. The summed E-state index contributed by atoms with van der Waals surface area (Å²) < 4.78 is 0. The van der Waals surface area contributed by atoms with Crippen LogP contribution in [0.5, 0.6) is 0 Å². The molecule has 4 rings (SSSR count). The van der Waals surface area contributed by atoms with Crippen molar-refractivity contribution >= 4 is 11.5 Å². The number of hydrogen-bond donors (Lipinski definition) is 0. The minimum atomic E-state index is 0.0508. The standard InChI is InChI=1S/C27H23NO/c29-27(24-14-8-3-9-15-24)25-16-18-26(19-17-25)28(20-22-10-4-1-5-11-22)21-23-12-6-2-7-13-23/h1-19H,20-21H2. The van der Waals surface area contributed by atoms with E-state index < -0.39 is 0 Å². The number of ketones is 1. The molecule has 142 valence electrons. The van der Waals surface area contributed by atoms with Gasteiger partial charge in [-0.1, -0.05) is 91.0 Å². The van der Waals surface area contributed by atoms with E-state index in [0.29, 0.717) is 11.1 Å². The van der Waals surface area contributed by atoms with Gasteiger partial charge in [-0.05, 0) is 35.4 Å². The van der Waals surface area contributed by atoms with E-state index in [2.05, 4.69) is 53.4 Å². The molecule has 0 N–H and O–H groups in total. The first-order chi connectivity index (χ1) is 14.3. The zero-order valence-corrected chi connectivity index (χ0v) is 16.2. The highest BCUT2D eigenvalue weighted by Crippen LogP contribution is 2.22. The second kappa shape index (κ2) is 9.03. The van der Waals surface area contributed by atoms with E-state index in [4.69, 9.17) is 0 Å². The molecule has 0 aromatic heterocycles. The number of benzene rings is 4. The van der Waals surface area contributed by atoms with Crippen molar-refractivity contribution in [2.75, 3.05) is 4.90 Å². The number of anilines is 1. The predicted molar refractivity (Wildman–Crippen MR) is 119 cm³/mol. The van der Waals surface area contributed by atoms with Crippen LogP contribution in [0.3, 0.4) is 0 Å². The zero-order valence-electron chi connectivity index (χ0n) is 16.2. The Bertz CT molecular complexity index is 1000. The summed E-state index contributed by atoms with van der Waals surface area (Å²) >= 11 is 0. The van der Waals surface area contributed by atoms with Gasteiger partial charge < -0.3 is 4.90 Å². The average molecular weight is 377 g/mol. The van der Waals surface area contributed by atoms with Crippen LogP contribution in [0.1, 0.15) is 27.0 Å². The molecule has 4 aromatic carbocycles. The van der Waals surface area contributed by atoms with Crippen LogP contribution in [-0.2, 0) is 13.1 Å². The van der Waals surface area contributed by atoms with Crippen molar-refractivity contribution in [2.45, 2.75) is 13.1 Å². The highest BCUT2D eigenvalue weighted by Gasteiger charge is 2.12. The molecule has 0 aliphatic carbocycles. The molecule has 0 spiro atoms. The van der Waals surface area contributed by atoms with E-state index in [1.807, 2.05) is 66.7 Å². The van der Waals surface area contributed by atoms with E-state index in [0.717, 1.165) is 18.8 Å². The minimum Gasteiger partial charge on any atom is -0.363 e. The number of carbonyl (C=O) groups is 1. The minimum absolute atomic E-state index is 0.0508. The second-order valence-electron chi connectivity index (χ2n) is 7.07. The Balaban J connectivity index is 1.59. The predicted octanol–water partition coefficient (Wildman–Crippen LogP) is 6.12. The van der Waals surface area contributed by atoms with Gasteiger partial charge in [0.2, 0.25) is 0 Å². The van der Waals surface area contributed by atoms with Gasteiger partial charge >= 0.3 is 0 Å². The van der Waals surface area contributed by atoms with Crippen LogP contribution in [0.2, 0.25) is 0 Å². The smallest absolute Gasteiger partial charge is 0.193 e. The summed E-state index contributed by atoms with van der Waals surface area (Å²) in [6.07, 6.45) is 0. The Morgan fingerprint density at radius 2 is 0.931 bits per heavy atom. The lowest BCUT2D eigenvalue weighted by molar-refractivity contribution is 0.103. The molecule has 0 aliphatic heterocycles. The van der Waals surface area contributed by atoms with Crippen molar-refractivity contribution in [1.82, 2.24) is 0 Å².